The summed E-state index contributed by atoms with van der Waals surface area (Å²) < 4.78 is 0.547. The van der Waals surface area contributed by atoms with Crippen molar-refractivity contribution in [3.8, 4) is 5.75 Å². The molecule has 2 rings (SSSR count). The smallest absolute Gasteiger partial charge is 0.257 e. The van der Waals surface area contributed by atoms with Crippen molar-refractivity contribution in [1.29, 1.82) is 0 Å². The number of aromatic amines is 1. The fourth-order valence-electron chi connectivity index (χ4n) is 1.44. The van der Waals surface area contributed by atoms with Crippen LogP contribution in [0.5, 0.6) is 5.75 Å². The number of aryl methyl sites for hydroxylation is 1. The van der Waals surface area contributed by atoms with E-state index in [-0.39, 0.29) is 11.7 Å². The maximum atomic E-state index is 11.9. The molecule has 6 heteroatoms. The molecule has 1 heterocycles. The molecule has 0 aliphatic rings. The van der Waals surface area contributed by atoms with Crippen LogP contribution in [0.2, 0.25) is 0 Å². The molecule has 0 radical (unpaired) electrons. The standard InChI is InChI=1S/C12H12BrN3O2/c1-6-7(2)15-16-11(6)14-12(18)8-3-4-9(13)10(17)5-8/h3-5,17H,1-2H3,(H2,14,15,16,18). The third-order valence-electron chi connectivity index (χ3n) is 2.69. The first-order valence-corrected chi connectivity index (χ1v) is 6.09. The fourth-order valence-corrected chi connectivity index (χ4v) is 1.69. The second-order valence-electron chi connectivity index (χ2n) is 3.94. The molecule has 0 saturated carbocycles. The molecule has 0 spiro atoms. The van der Waals surface area contributed by atoms with Gasteiger partial charge in [0.2, 0.25) is 0 Å². The van der Waals surface area contributed by atoms with E-state index in [1.807, 2.05) is 13.8 Å². The van der Waals surface area contributed by atoms with E-state index in [9.17, 15) is 9.90 Å². The lowest BCUT2D eigenvalue weighted by Gasteiger charge is -2.04. The number of nitrogens with zero attached hydrogens (tertiary/aromatic N) is 1. The molecule has 1 aromatic carbocycles. The van der Waals surface area contributed by atoms with Crippen LogP contribution in [0.3, 0.4) is 0 Å². The molecule has 0 aliphatic heterocycles. The van der Waals surface area contributed by atoms with Crippen LogP contribution in [0.15, 0.2) is 22.7 Å². The van der Waals surface area contributed by atoms with Crippen LogP contribution in [-0.4, -0.2) is 21.2 Å². The van der Waals surface area contributed by atoms with Crippen LogP contribution in [0, 0.1) is 13.8 Å². The minimum atomic E-state index is -0.313. The van der Waals surface area contributed by atoms with Crippen LogP contribution in [0.1, 0.15) is 21.6 Å². The maximum absolute atomic E-state index is 11.9. The van der Waals surface area contributed by atoms with E-state index in [2.05, 4.69) is 31.4 Å². The molecule has 0 bridgehead atoms. The zero-order valence-corrected chi connectivity index (χ0v) is 11.5. The quantitative estimate of drug-likeness (QED) is 0.798. The van der Waals surface area contributed by atoms with Crippen LogP contribution in [-0.2, 0) is 0 Å². The summed E-state index contributed by atoms with van der Waals surface area (Å²) >= 11 is 3.16. The second kappa shape index (κ2) is 4.81. The largest absolute Gasteiger partial charge is 0.507 e. The lowest BCUT2D eigenvalue weighted by molar-refractivity contribution is 0.102. The molecule has 0 fully saturated rings. The number of aromatic hydroxyl groups is 1. The first kappa shape index (κ1) is 12.6. The Balaban J connectivity index is 2.22. The molecular formula is C12H12BrN3O2. The molecule has 94 valence electrons. The normalized spacial score (nSPS) is 10.4. The minimum Gasteiger partial charge on any atom is -0.507 e. The molecule has 0 unspecified atom stereocenters. The van der Waals surface area contributed by atoms with E-state index in [0.717, 1.165) is 11.3 Å². The summed E-state index contributed by atoms with van der Waals surface area (Å²) in [6.07, 6.45) is 0. The van der Waals surface area contributed by atoms with E-state index in [4.69, 9.17) is 0 Å². The third kappa shape index (κ3) is 2.38. The van der Waals surface area contributed by atoms with Gasteiger partial charge >= 0.3 is 0 Å². The van der Waals surface area contributed by atoms with Crippen LogP contribution in [0.25, 0.3) is 0 Å². The van der Waals surface area contributed by atoms with E-state index in [0.29, 0.717) is 15.9 Å². The maximum Gasteiger partial charge on any atom is 0.257 e. The molecule has 3 N–H and O–H groups in total. The Morgan fingerprint density at radius 3 is 2.72 bits per heavy atom. The van der Waals surface area contributed by atoms with Gasteiger partial charge in [-0.1, -0.05) is 0 Å². The van der Waals surface area contributed by atoms with Crippen molar-refractivity contribution >= 4 is 27.7 Å². The highest BCUT2D eigenvalue weighted by Crippen LogP contribution is 2.25. The number of rotatable bonds is 2. The molecule has 0 atom stereocenters. The number of H-pyrrole nitrogens is 1. The van der Waals surface area contributed by atoms with Gasteiger partial charge in [0.05, 0.1) is 4.47 Å². The van der Waals surface area contributed by atoms with E-state index < -0.39 is 0 Å². The van der Waals surface area contributed by atoms with E-state index in [1.54, 1.807) is 12.1 Å². The summed E-state index contributed by atoms with van der Waals surface area (Å²) in [6.45, 7) is 3.75. The molecule has 1 aromatic heterocycles. The zero-order chi connectivity index (χ0) is 13.3. The van der Waals surface area contributed by atoms with Gasteiger partial charge in [-0.2, -0.15) is 5.10 Å². The number of anilines is 1. The van der Waals surface area contributed by atoms with Gasteiger partial charge in [-0.05, 0) is 48.0 Å². The average molecular weight is 310 g/mol. The average Bonchev–Trinajstić information content (AvgIpc) is 2.64. The molecule has 2 aromatic rings. The van der Waals surface area contributed by atoms with Crippen molar-refractivity contribution in [3.63, 3.8) is 0 Å². The Hall–Kier alpha value is -1.82. The molecule has 5 nitrogen and oxygen atoms in total. The SMILES string of the molecule is Cc1[nH]nc(NC(=O)c2ccc(Br)c(O)c2)c1C. The summed E-state index contributed by atoms with van der Waals surface area (Å²) in [6, 6.07) is 4.63. The van der Waals surface area contributed by atoms with Crippen molar-refractivity contribution in [3.05, 3.63) is 39.5 Å². The topological polar surface area (TPSA) is 78.0 Å². The zero-order valence-electron chi connectivity index (χ0n) is 9.91. The van der Waals surface area contributed by atoms with E-state index in [1.165, 1.54) is 6.07 Å². The predicted octanol–water partition coefficient (Wildman–Crippen LogP) is 2.75. The Morgan fingerprint density at radius 2 is 2.17 bits per heavy atom. The van der Waals surface area contributed by atoms with Gasteiger partial charge in [0.1, 0.15) is 5.75 Å². The van der Waals surface area contributed by atoms with Gasteiger partial charge in [-0.15, -0.1) is 0 Å². The summed E-state index contributed by atoms with van der Waals surface area (Å²) in [7, 11) is 0. The number of hydrogen-bond donors (Lipinski definition) is 3. The number of amides is 1. The van der Waals surface area contributed by atoms with Gasteiger partial charge in [0.15, 0.2) is 5.82 Å². The first-order chi connectivity index (χ1) is 8.49. The second-order valence-corrected chi connectivity index (χ2v) is 4.80. The number of hydrogen-bond acceptors (Lipinski definition) is 3. The van der Waals surface area contributed by atoms with Gasteiger partial charge < -0.3 is 10.4 Å². The van der Waals surface area contributed by atoms with Crippen molar-refractivity contribution in [2.24, 2.45) is 0 Å². The number of aromatic nitrogens is 2. The Bertz CT molecular complexity index is 607. The molecular weight excluding hydrogens is 298 g/mol. The summed E-state index contributed by atoms with van der Waals surface area (Å²) in [5.74, 6) is 0.213. The Kier molecular flexibility index (Phi) is 3.38. The van der Waals surface area contributed by atoms with Crippen LogP contribution >= 0.6 is 15.9 Å². The third-order valence-corrected chi connectivity index (χ3v) is 3.36. The first-order valence-electron chi connectivity index (χ1n) is 5.30. The molecule has 18 heavy (non-hydrogen) atoms. The minimum absolute atomic E-state index is 0.0255. The van der Waals surface area contributed by atoms with Crippen molar-refractivity contribution in [1.82, 2.24) is 10.2 Å². The Labute approximate surface area is 112 Å². The van der Waals surface area contributed by atoms with Crippen LogP contribution < -0.4 is 5.32 Å². The van der Waals surface area contributed by atoms with Gasteiger partial charge in [-0.3, -0.25) is 9.89 Å². The molecule has 1 amide bonds. The summed E-state index contributed by atoms with van der Waals surface area (Å²) in [5, 5.41) is 19.0. The van der Waals surface area contributed by atoms with E-state index >= 15 is 0 Å². The number of nitrogens with one attached hydrogen (secondary N) is 2. The highest BCUT2D eigenvalue weighted by atomic mass is 79.9. The van der Waals surface area contributed by atoms with Crippen LogP contribution in [0.4, 0.5) is 5.82 Å². The monoisotopic (exact) mass is 309 g/mol. The number of benzene rings is 1. The number of carbonyl (C=O) groups excluding carboxylic acids is 1. The Morgan fingerprint density at radius 1 is 1.44 bits per heavy atom. The number of carbonyl (C=O) groups is 1. The van der Waals surface area contributed by atoms with Crippen molar-refractivity contribution in [2.45, 2.75) is 13.8 Å². The number of halogens is 1. The van der Waals surface area contributed by atoms with Crippen molar-refractivity contribution < 1.29 is 9.90 Å². The number of phenols is 1. The highest BCUT2D eigenvalue weighted by molar-refractivity contribution is 9.10. The summed E-state index contributed by atoms with van der Waals surface area (Å²) in [4.78, 5) is 11.9. The lowest BCUT2D eigenvalue weighted by Crippen LogP contribution is -2.12. The highest BCUT2D eigenvalue weighted by Gasteiger charge is 2.12. The van der Waals surface area contributed by atoms with Gasteiger partial charge in [0, 0.05) is 16.8 Å². The van der Waals surface area contributed by atoms with Crippen molar-refractivity contribution in [2.75, 3.05) is 5.32 Å². The molecule has 0 saturated heterocycles. The predicted molar refractivity (Wildman–Crippen MR) is 71.8 cm³/mol. The van der Waals surface area contributed by atoms with Gasteiger partial charge in [0.25, 0.3) is 5.91 Å². The molecule has 0 aliphatic carbocycles. The summed E-state index contributed by atoms with van der Waals surface area (Å²) in [5.41, 5.74) is 2.17. The van der Waals surface area contributed by atoms with Gasteiger partial charge in [-0.25, -0.2) is 0 Å². The number of phenolic OH excluding ortho intramolecular Hbond substituents is 1. The fraction of sp³-hybridized carbons (Fsp3) is 0.167. The lowest BCUT2D eigenvalue weighted by atomic mass is 10.2.